The molecule has 0 bridgehead atoms. The number of amides is 1. The molecule has 3 rings (SSSR count). The van der Waals surface area contributed by atoms with Gasteiger partial charge in [-0.05, 0) is 38.8 Å². The lowest BCUT2D eigenvalue weighted by Crippen LogP contribution is -2.40. The topological polar surface area (TPSA) is 81.5 Å². The summed E-state index contributed by atoms with van der Waals surface area (Å²) >= 11 is 0. The van der Waals surface area contributed by atoms with E-state index in [4.69, 9.17) is 4.74 Å². The molecule has 0 atom stereocenters. The van der Waals surface area contributed by atoms with Crippen molar-refractivity contribution in [1.82, 2.24) is 14.5 Å². The summed E-state index contributed by atoms with van der Waals surface area (Å²) in [7, 11) is -3.51. The molecule has 1 aromatic heterocycles. The second-order valence-corrected chi connectivity index (χ2v) is 10.1. The lowest BCUT2D eigenvalue weighted by molar-refractivity contribution is 0.0220. The maximum Gasteiger partial charge on any atom is 0.410 e. The third-order valence-corrected chi connectivity index (χ3v) is 5.63. The molecular weight excluding hydrogens is 378 g/mol. The van der Waals surface area contributed by atoms with E-state index in [0.29, 0.717) is 25.2 Å². The Kier molecular flexibility index (Phi) is 5.27. The minimum atomic E-state index is -3.51. The molecule has 0 aliphatic carbocycles. The third kappa shape index (κ3) is 4.38. The van der Waals surface area contributed by atoms with Crippen molar-refractivity contribution in [2.45, 2.75) is 58.0 Å². The van der Waals surface area contributed by atoms with Crippen LogP contribution in [0.1, 0.15) is 43.3 Å². The molecule has 0 radical (unpaired) electrons. The van der Waals surface area contributed by atoms with Gasteiger partial charge in [0.05, 0.1) is 18.8 Å². The fraction of sp³-hybridized carbons (Fsp3) is 0.500. The Hall–Kier alpha value is -2.35. The van der Waals surface area contributed by atoms with Gasteiger partial charge in [-0.1, -0.05) is 24.3 Å². The number of aryl methyl sites for hydroxylation is 1. The van der Waals surface area contributed by atoms with Crippen LogP contribution in [0.15, 0.2) is 29.4 Å². The lowest BCUT2D eigenvalue weighted by Gasteiger charge is -2.30. The number of rotatable bonds is 3. The minimum absolute atomic E-state index is 0.0480. The standard InChI is InChI=1S/C20H27N3O4S/c1-14-8-6-7-9-15(14)12-23-17-10-11-22(19(24)27-20(2,3)4)13-16(17)21-18(23)28(5,25)26/h6-9H,10-13H2,1-5H3. The maximum absolute atomic E-state index is 12.4. The van der Waals surface area contributed by atoms with E-state index in [1.807, 2.05) is 52.0 Å². The van der Waals surface area contributed by atoms with Crippen molar-refractivity contribution in [2.24, 2.45) is 0 Å². The van der Waals surface area contributed by atoms with Crippen molar-refractivity contribution in [2.75, 3.05) is 12.8 Å². The van der Waals surface area contributed by atoms with Crippen molar-refractivity contribution >= 4 is 15.9 Å². The molecule has 1 aliphatic rings. The number of fused-ring (bicyclic) bond motifs is 1. The summed E-state index contributed by atoms with van der Waals surface area (Å²) in [6, 6.07) is 7.89. The molecule has 2 aromatic rings. The Balaban J connectivity index is 1.96. The summed E-state index contributed by atoms with van der Waals surface area (Å²) < 4.78 is 31.9. The number of sulfone groups is 1. The molecule has 7 nitrogen and oxygen atoms in total. The Morgan fingerprint density at radius 1 is 1.25 bits per heavy atom. The molecule has 8 heteroatoms. The van der Waals surface area contributed by atoms with Crippen LogP contribution in [0, 0.1) is 6.92 Å². The Morgan fingerprint density at radius 2 is 1.93 bits per heavy atom. The van der Waals surface area contributed by atoms with Gasteiger partial charge in [0, 0.05) is 24.9 Å². The fourth-order valence-electron chi connectivity index (χ4n) is 3.30. The lowest BCUT2D eigenvalue weighted by atomic mass is 10.1. The molecule has 0 saturated carbocycles. The van der Waals surface area contributed by atoms with E-state index >= 15 is 0 Å². The van der Waals surface area contributed by atoms with Gasteiger partial charge in [0.2, 0.25) is 15.0 Å². The third-order valence-electron chi connectivity index (χ3n) is 4.65. The predicted octanol–water partition coefficient (Wildman–Crippen LogP) is 2.94. The van der Waals surface area contributed by atoms with Gasteiger partial charge in [-0.3, -0.25) is 0 Å². The van der Waals surface area contributed by atoms with Gasteiger partial charge in [0.25, 0.3) is 0 Å². The zero-order chi connectivity index (χ0) is 20.7. The monoisotopic (exact) mass is 405 g/mol. The molecule has 28 heavy (non-hydrogen) atoms. The molecule has 0 saturated heterocycles. The number of nitrogens with zero attached hydrogens (tertiary/aromatic N) is 3. The Bertz CT molecular complexity index is 1000. The van der Waals surface area contributed by atoms with E-state index in [0.717, 1.165) is 16.8 Å². The molecule has 0 spiro atoms. The summed E-state index contributed by atoms with van der Waals surface area (Å²) in [5.74, 6) is 0. The first-order valence-electron chi connectivity index (χ1n) is 9.26. The molecule has 0 unspecified atom stereocenters. The van der Waals surface area contributed by atoms with E-state index in [-0.39, 0.29) is 11.7 Å². The molecule has 1 aromatic carbocycles. The molecular formula is C20H27N3O4S. The number of carbonyl (C=O) groups is 1. The van der Waals surface area contributed by atoms with Crippen LogP contribution in [0.25, 0.3) is 0 Å². The zero-order valence-corrected chi connectivity index (χ0v) is 17.8. The van der Waals surface area contributed by atoms with Gasteiger partial charge < -0.3 is 14.2 Å². The first-order valence-corrected chi connectivity index (χ1v) is 11.2. The van der Waals surface area contributed by atoms with Gasteiger partial charge in [0.1, 0.15) is 5.60 Å². The van der Waals surface area contributed by atoms with Crippen LogP contribution in [-0.2, 0) is 34.1 Å². The van der Waals surface area contributed by atoms with E-state index in [1.54, 1.807) is 9.47 Å². The van der Waals surface area contributed by atoms with Crippen LogP contribution in [0.5, 0.6) is 0 Å². The fourth-order valence-corrected chi connectivity index (χ4v) is 4.16. The Morgan fingerprint density at radius 3 is 2.54 bits per heavy atom. The minimum Gasteiger partial charge on any atom is -0.444 e. The van der Waals surface area contributed by atoms with Crippen LogP contribution in [0.4, 0.5) is 4.79 Å². The zero-order valence-electron chi connectivity index (χ0n) is 17.0. The smallest absolute Gasteiger partial charge is 0.410 e. The molecule has 2 heterocycles. The van der Waals surface area contributed by atoms with Gasteiger partial charge in [-0.15, -0.1) is 0 Å². The van der Waals surface area contributed by atoms with Crippen molar-refractivity contribution in [3.8, 4) is 0 Å². The van der Waals surface area contributed by atoms with Gasteiger partial charge >= 0.3 is 6.09 Å². The van der Waals surface area contributed by atoms with Crippen LogP contribution >= 0.6 is 0 Å². The highest BCUT2D eigenvalue weighted by Gasteiger charge is 2.31. The van der Waals surface area contributed by atoms with E-state index in [9.17, 15) is 13.2 Å². The number of hydrogen-bond donors (Lipinski definition) is 0. The van der Waals surface area contributed by atoms with Gasteiger partial charge in [0.15, 0.2) is 0 Å². The molecule has 0 N–H and O–H groups in total. The average molecular weight is 406 g/mol. The summed E-state index contributed by atoms with van der Waals surface area (Å²) in [5.41, 5.74) is 3.03. The first-order chi connectivity index (χ1) is 13.0. The number of imidazole rings is 1. The van der Waals surface area contributed by atoms with Crippen molar-refractivity contribution < 1.29 is 17.9 Å². The number of hydrogen-bond acceptors (Lipinski definition) is 5. The van der Waals surface area contributed by atoms with Crippen molar-refractivity contribution in [3.05, 3.63) is 46.8 Å². The van der Waals surface area contributed by atoms with E-state index in [2.05, 4.69) is 4.98 Å². The van der Waals surface area contributed by atoms with E-state index in [1.165, 1.54) is 6.26 Å². The summed E-state index contributed by atoms with van der Waals surface area (Å²) in [6.45, 7) is 8.60. The van der Waals surface area contributed by atoms with Crippen LogP contribution in [0.3, 0.4) is 0 Å². The predicted molar refractivity (Wildman–Crippen MR) is 106 cm³/mol. The van der Waals surface area contributed by atoms with Crippen LogP contribution in [-0.4, -0.2) is 47.4 Å². The van der Waals surface area contributed by atoms with Crippen LogP contribution < -0.4 is 0 Å². The molecule has 1 amide bonds. The van der Waals surface area contributed by atoms with Gasteiger partial charge in [-0.25, -0.2) is 18.2 Å². The quantitative estimate of drug-likeness (QED) is 0.784. The summed E-state index contributed by atoms with van der Waals surface area (Å²) in [6.07, 6.45) is 1.29. The number of benzene rings is 1. The second kappa shape index (κ2) is 7.24. The first kappa shape index (κ1) is 20.4. The van der Waals surface area contributed by atoms with E-state index < -0.39 is 21.5 Å². The average Bonchev–Trinajstić information content (AvgIpc) is 2.93. The molecule has 1 aliphatic heterocycles. The highest BCUT2D eigenvalue weighted by molar-refractivity contribution is 7.90. The number of aromatic nitrogens is 2. The maximum atomic E-state index is 12.4. The van der Waals surface area contributed by atoms with Crippen LogP contribution in [0.2, 0.25) is 0 Å². The van der Waals surface area contributed by atoms with Crippen molar-refractivity contribution in [3.63, 3.8) is 0 Å². The molecule has 152 valence electrons. The molecule has 0 fully saturated rings. The normalized spacial score (nSPS) is 14.7. The van der Waals surface area contributed by atoms with Gasteiger partial charge in [-0.2, -0.15) is 0 Å². The largest absolute Gasteiger partial charge is 0.444 e. The highest BCUT2D eigenvalue weighted by atomic mass is 32.2. The second-order valence-electron chi connectivity index (χ2n) is 8.22. The highest BCUT2D eigenvalue weighted by Crippen LogP contribution is 2.26. The number of carbonyl (C=O) groups excluding carboxylic acids is 1. The Labute approximate surface area is 166 Å². The SMILES string of the molecule is Cc1ccccc1Cn1c(S(C)(=O)=O)nc2c1CCN(C(=O)OC(C)(C)C)C2. The summed E-state index contributed by atoms with van der Waals surface area (Å²) in [4.78, 5) is 18.4. The summed E-state index contributed by atoms with van der Waals surface area (Å²) in [5, 5.41) is 0.0480. The van der Waals surface area contributed by atoms with Crippen molar-refractivity contribution in [1.29, 1.82) is 0 Å². The number of ether oxygens (including phenoxy) is 1.